The average molecular weight is 513 g/mol. The molecule has 1 atom stereocenters. The standard InChI is InChI=1S/C25H22BrFN2O2S/c1-2-16-7-10-19(11-8-16)28-25-29-24(30)23(32-25)14-17-9-12-22(20(26)13-17)31-15-18-5-3-4-6-21(18)27/h3-14,25,28H,2,15H2,1H3,(H,29,30)/b23-14-/t25-/m0/s1. The Morgan fingerprint density at radius 3 is 2.66 bits per heavy atom. The van der Waals surface area contributed by atoms with Crippen LogP contribution in [0.15, 0.2) is 76.1 Å². The zero-order valence-electron chi connectivity index (χ0n) is 17.4. The van der Waals surface area contributed by atoms with Crippen LogP contribution >= 0.6 is 27.7 Å². The molecule has 1 saturated heterocycles. The van der Waals surface area contributed by atoms with Gasteiger partial charge in [0.25, 0.3) is 5.91 Å². The molecule has 3 aromatic carbocycles. The van der Waals surface area contributed by atoms with Crippen LogP contribution in [0.1, 0.15) is 23.6 Å². The first-order valence-corrected chi connectivity index (χ1v) is 11.9. The molecule has 1 aliphatic heterocycles. The largest absolute Gasteiger partial charge is 0.488 e. The summed E-state index contributed by atoms with van der Waals surface area (Å²) in [5.74, 6) is 0.196. The Hall–Kier alpha value is -2.77. The first-order chi connectivity index (χ1) is 15.5. The van der Waals surface area contributed by atoms with Gasteiger partial charge in [0, 0.05) is 11.3 Å². The molecule has 1 fully saturated rings. The average Bonchev–Trinajstić information content (AvgIpc) is 3.13. The summed E-state index contributed by atoms with van der Waals surface area (Å²) in [5.41, 5.74) is 3.35. The van der Waals surface area contributed by atoms with Crippen LogP contribution in [0.3, 0.4) is 0 Å². The Kier molecular flexibility index (Phi) is 7.17. The van der Waals surface area contributed by atoms with E-state index in [4.69, 9.17) is 4.74 Å². The lowest BCUT2D eigenvalue weighted by Crippen LogP contribution is -2.30. The van der Waals surface area contributed by atoms with E-state index in [0.29, 0.717) is 16.2 Å². The van der Waals surface area contributed by atoms with Crippen LogP contribution < -0.4 is 15.4 Å². The smallest absolute Gasteiger partial charge is 0.260 e. The number of rotatable bonds is 7. The number of benzene rings is 3. The highest BCUT2D eigenvalue weighted by molar-refractivity contribution is 9.10. The van der Waals surface area contributed by atoms with Gasteiger partial charge in [0.2, 0.25) is 0 Å². The Balaban J connectivity index is 1.40. The van der Waals surface area contributed by atoms with Crippen molar-refractivity contribution >= 4 is 45.4 Å². The van der Waals surface area contributed by atoms with Crippen molar-refractivity contribution in [2.75, 3.05) is 5.32 Å². The van der Waals surface area contributed by atoms with Gasteiger partial charge in [0.1, 0.15) is 18.2 Å². The summed E-state index contributed by atoms with van der Waals surface area (Å²) in [5, 5.41) is 6.27. The van der Waals surface area contributed by atoms with Gasteiger partial charge in [-0.3, -0.25) is 4.79 Å². The SMILES string of the molecule is CCc1ccc(N[C@H]2NC(=O)/C(=C/c3ccc(OCc4ccccc4F)c(Br)c3)S2)cc1. The summed E-state index contributed by atoms with van der Waals surface area (Å²) in [6, 6.07) is 20.3. The summed E-state index contributed by atoms with van der Waals surface area (Å²) >= 11 is 4.94. The monoisotopic (exact) mass is 512 g/mol. The molecule has 0 bridgehead atoms. The maximum atomic E-state index is 13.8. The summed E-state index contributed by atoms with van der Waals surface area (Å²) in [7, 11) is 0. The van der Waals surface area contributed by atoms with E-state index in [1.165, 1.54) is 23.4 Å². The van der Waals surface area contributed by atoms with Crippen LogP contribution in [-0.4, -0.2) is 11.4 Å². The molecule has 164 valence electrons. The molecule has 1 aliphatic rings. The van der Waals surface area contributed by atoms with Crippen molar-refractivity contribution in [2.45, 2.75) is 25.4 Å². The Labute approximate surface area is 199 Å². The third-order valence-corrected chi connectivity index (χ3v) is 6.63. The highest BCUT2D eigenvalue weighted by Crippen LogP contribution is 2.33. The number of carbonyl (C=O) groups is 1. The molecule has 4 rings (SSSR count). The maximum Gasteiger partial charge on any atom is 0.260 e. The third-order valence-electron chi connectivity index (χ3n) is 4.99. The van der Waals surface area contributed by atoms with E-state index in [2.05, 4.69) is 45.6 Å². The summed E-state index contributed by atoms with van der Waals surface area (Å²) in [6.45, 7) is 2.25. The second kappa shape index (κ2) is 10.2. The minimum atomic E-state index is -0.293. The van der Waals surface area contributed by atoms with Crippen LogP contribution in [0.4, 0.5) is 10.1 Å². The molecule has 0 unspecified atom stereocenters. The molecule has 2 N–H and O–H groups in total. The number of nitrogens with one attached hydrogen (secondary N) is 2. The number of hydrogen-bond donors (Lipinski definition) is 2. The van der Waals surface area contributed by atoms with E-state index in [9.17, 15) is 9.18 Å². The number of carbonyl (C=O) groups excluding carboxylic acids is 1. The molecule has 32 heavy (non-hydrogen) atoms. The van der Waals surface area contributed by atoms with Crippen LogP contribution in [0.5, 0.6) is 5.75 Å². The van der Waals surface area contributed by atoms with Crippen molar-refractivity contribution < 1.29 is 13.9 Å². The number of anilines is 1. The molecule has 0 radical (unpaired) electrons. The van der Waals surface area contributed by atoms with E-state index >= 15 is 0 Å². The van der Waals surface area contributed by atoms with E-state index in [1.54, 1.807) is 24.3 Å². The number of halogens is 2. The number of aryl methyl sites for hydroxylation is 1. The van der Waals surface area contributed by atoms with Crippen molar-refractivity contribution in [3.05, 3.63) is 98.6 Å². The number of amides is 1. The van der Waals surface area contributed by atoms with Gasteiger partial charge in [-0.15, -0.1) is 0 Å². The molecule has 0 spiro atoms. The third kappa shape index (κ3) is 5.53. The lowest BCUT2D eigenvalue weighted by atomic mass is 10.1. The molecule has 3 aromatic rings. The fraction of sp³-hybridized carbons (Fsp3) is 0.160. The van der Waals surface area contributed by atoms with E-state index in [1.807, 2.05) is 30.3 Å². The predicted molar refractivity (Wildman–Crippen MR) is 132 cm³/mol. The van der Waals surface area contributed by atoms with Crippen LogP contribution in [0.2, 0.25) is 0 Å². The maximum absolute atomic E-state index is 13.8. The molecule has 4 nitrogen and oxygen atoms in total. The molecular weight excluding hydrogens is 491 g/mol. The van der Waals surface area contributed by atoms with Gasteiger partial charge in [0.15, 0.2) is 5.50 Å². The minimum Gasteiger partial charge on any atom is -0.488 e. The van der Waals surface area contributed by atoms with Crippen LogP contribution in [-0.2, 0) is 17.8 Å². The van der Waals surface area contributed by atoms with Crippen molar-refractivity contribution in [1.29, 1.82) is 0 Å². The molecule has 1 amide bonds. The van der Waals surface area contributed by atoms with Gasteiger partial charge in [-0.05, 0) is 69.9 Å². The topological polar surface area (TPSA) is 50.4 Å². The van der Waals surface area contributed by atoms with Gasteiger partial charge in [-0.2, -0.15) is 0 Å². The second-order valence-corrected chi connectivity index (χ2v) is 9.25. The lowest BCUT2D eigenvalue weighted by molar-refractivity contribution is -0.116. The minimum absolute atomic E-state index is 0.117. The quantitative estimate of drug-likeness (QED) is 0.363. The molecule has 0 saturated carbocycles. The Morgan fingerprint density at radius 2 is 1.94 bits per heavy atom. The zero-order chi connectivity index (χ0) is 22.5. The van der Waals surface area contributed by atoms with E-state index in [0.717, 1.165) is 22.1 Å². The van der Waals surface area contributed by atoms with Gasteiger partial charge in [0.05, 0.1) is 9.38 Å². The highest BCUT2D eigenvalue weighted by Gasteiger charge is 2.27. The van der Waals surface area contributed by atoms with Crippen molar-refractivity contribution in [3.63, 3.8) is 0 Å². The summed E-state index contributed by atoms with van der Waals surface area (Å²) in [4.78, 5) is 13.0. The highest BCUT2D eigenvalue weighted by atomic mass is 79.9. The van der Waals surface area contributed by atoms with Gasteiger partial charge in [-0.1, -0.05) is 55.1 Å². The number of hydrogen-bond acceptors (Lipinski definition) is 4. The van der Waals surface area contributed by atoms with Crippen molar-refractivity contribution in [2.24, 2.45) is 0 Å². The van der Waals surface area contributed by atoms with Gasteiger partial charge in [-0.25, -0.2) is 4.39 Å². The summed E-state index contributed by atoms with van der Waals surface area (Å²) < 4.78 is 20.3. The van der Waals surface area contributed by atoms with Gasteiger partial charge >= 0.3 is 0 Å². The zero-order valence-corrected chi connectivity index (χ0v) is 19.8. The first kappa shape index (κ1) is 22.4. The Bertz CT molecular complexity index is 1150. The van der Waals surface area contributed by atoms with Crippen molar-refractivity contribution in [1.82, 2.24) is 5.32 Å². The fourth-order valence-electron chi connectivity index (χ4n) is 3.20. The number of thioether (sulfide) groups is 1. The van der Waals surface area contributed by atoms with E-state index < -0.39 is 0 Å². The molecular formula is C25H22BrFN2O2S. The van der Waals surface area contributed by atoms with Crippen LogP contribution in [0, 0.1) is 5.82 Å². The molecule has 0 aromatic heterocycles. The first-order valence-electron chi connectivity index (χ1n) is 10.2. The van der Waals surface area contributed by atoms with E-state index in [-0.39, 0.29) is 23.8 Å². The summed E-state index contributed by atoms with van der Waals surface area (Å²) in [6.07, 6.45) is 2.83. The van der Waals surface area contributed by atoms with Crippen LogP contribution in [0.25, 0.3) is 6.08 Å². The fourth-order valence-corrected chi connectivity index (χ4v) is 4.70. The molecule has 0 aliphatic carbocycles. The normalized spacial score (nSPS) is 16.8. The predicted octanol–water partition coefficient (Wildman–Crippen LogP) is 6.33. The van der Waals surface area contributed by atoms with Gasteiger partial charge < -0.3 is 15.4 Å². The molecule has 1 heterocycles. The van der Waals surface area contributed by atoms with Crippen molar-refractivity contribution in [3.8, 4) is 5.75 Å². The second-order valence-electron chi connectivity index (χ2n) is 7.24. The number of ether oxygens (including phenoxy) is 1. The molecule has 7 heteroatoms. The lowest BCUT2D eigenvalue weighted by Gasteiger charge is -2.12. The Morgan fingerprint density at radius 1 is 1.16 bits per heavy atom.